The summed E-state index contributed by atoms with van der Waals surface area (Å²) in [6, 6.07) is 9.03. The highest BCUT2D eigenvalue weighted by Gasteiger charge is 2.33. The van der Waals surface area contributed by atoms with E-state index in [4.69, 9.17) is 0 Å². The fourth-order valence-electron chi connectivity index (χ4n) is 3.52. The first kappa shape index (κ1) is 18.0. The van der Waals surface area contributed by atoms with Gasteiger partial charge < -0.3 is 4.90 Å². The number of halogens is 1. The van der Waals surface area contributed by atoms with Crippen molar-refractivity contribution in [1.82, 2.24) is 0 Å². The van der Waals surface area contributed by atoms with Crippen LogP contribution in [0, 0.1) is 18.7 Å². The number of carbonyl (C=O) groups is 1. The number of rotatable bonds is 4. The summed E-state index contributed by atoms with van der Waals surface area (Å²) in [6.45, 7) is 2.20. The van der Waals surface area contributed by atoms with Crippen LogP contribution in [0.4, 0.5) is 15.8 Å². The Bertz CT molecular complexity index is 1020. The van der Waals surface area contributed by atoms with Crippen LogP contribution in [0.5, 0.6) is 0 Å². The predicted octanol–water partition coefficient (Wildman–Crippen LogP) is 3.62. The Hall–Kier alpha value is -2.41. The quantitative estimate of drug-likeness (QED) is 0.870. The first-order chi connectivity index (χ1) is 12.8. The molecule has 27 heavy (non-hydrogen) atoms. The fraction of sp³-hybridized carbons (Fsp3) is 0.350. The van der Waals surface area contributed by atoms with E-state index in [1.807, 2.05) is 0 Å². The summed E-state index contributed by atoms with van der Waals surface area (Å²) >= 11 is 0. The van der Waals surface area contributed by atoms with E-state index >= 15 is 0 Å². The molecule has 4 rings (SSSR count). The number of benzene rings is 2. The van der Waals surface area contributed by atoms with Gasteiger partial charge in [0.25, 0.3) is 10.0 Å². The number of hydrogen-bond donors (Lipinski definition) is 1. The van der Waals surface area contributed by atoms with E-state index in [1.165, 1.54) is 24.3 Å². The van der Waals surface area contributed by atoms with Gasteiger partial charge >= 0.3 is 0 Å². The molecule has 1 N–H and O–H groups in total. The van der Waals surface area contributed by atoms with Gasteiger partial charge in [0, 0.05) is 18.2 Å². The molecule has 0 bridgehead atoms. The molecule has 5 nitrogen and oxygen atoms in total. The molecule has 1 heterocycles. The van der Waals surface area contributed by atoms with Gasteiger partial charge in [0.1, 0.15) is 5.82 Å². The second-order valence-corrected chi connectivity index (χ2v) is 8.91. The Kier molecular flexibility index (Phi) is 4.42. The maximum Gasteiger partial charge on any atom is 0.261 e. The minimum atomic E-state index is -3.83. The number of hydrogen-bond acceptors (Lipinski definition) is 3. The molecule has 1 aliphatic carbocycles. The van der Waals surface area contributed by atoms with E-state index in [-0.39, 0.29) is 22.4 Å². The van der Waals surface area contributed by atoms with Crippen molar-refractivity contribution >= 4 is 27.3 Å². The molecule has 0 aromatic heterocycles. The minimum Gasteiger partial charge on any atom is -0.312 e. The van der Waals surface area contributed by atoms with Crippen molar-refractivity contribution in [2.45, 2.75) is 37.5 Å². The average molecular weight is 388 g/mol. The van der Waals surface area contributed by atoms with Crippen molar-refractivity contribution in [3.05, 3.63) is 53.3 Å². The molecule has 0 radical (unpaired) electrons. The zero-order valence-corrected chi connectivity index (χ0v) is 15.9. The summed E-state index contributed by atoms with van der Waals surface area (Å²) < 4.78 is 41.4. The zero-order chi connectivity index (χ0) is 19.2. The van der Waals surface area contributed by atoms with Crippen LogP contribution in [0.1, 0.15) is 30.4 Å². The molecular weight excluding hydrogens is 367 g/mol. The van der Waals surface area contributed by atoms with Crippen molar-refractivity contribution in [2.75, 3.05) is 16.2 Å². The van der Waals surface area contributed by atoms with Gasteiger partial charge in [0.2, 0.25) is 5.91 Å². The van der Waals surface area contributed by atoms with Crippen LogP contribution in [0.25, 0.3) is 0 Å². The number of nitrogens with zero attached hydrogens (tertiary/aromatic N) is 1. The normalized spacial score (nSPS) is 16.7. The summed E-state index contributed by atoms with van der Waals surface area (Å²) in [7, 11) is -3.83. The van der Waals surface area contributed by atoms with Crippen molar-refractivity contribution in [2.24, 2.45) is 5.92 Å². The molecule has 2 aromatic carbocycles. The Balaban J connectivity index is 1.57. The van der Waals surface area contributed by atoms with Crippen LogP contribution >= 0.6 is 0 Å². The molecule has 0 saturated heterocycles. The molecule has 0 atom stereocenters. The van der Waals surface area contributed by atoms with Gasteiger partial charge in [-0.3, -0.25) is 9.52 Å². The molecule has 1 saturated carbocycles. The summed E-state index contributed by atoms with van der Waals surface area (Å²) in [5.41, 5.74) is 2.28. The number of amides is 1. The van der Waals surface area contributed by atoms with E-state index in [9.17, 15) is 17.6 Å². The Labute approximate surface area is 158 Å². The highest BCUT2D eigenvalue weighted by atomic mass is 32.2. The topological polar surface area (TPSA) is 66.5 Å². The van der Waals surface area contributed by atoms with Crippen molar-refractivity contribution in [3.8, 4) is 0 Å². The maximum atomic E-state index is 13.7. The van der Waals surface area contributed by atoms with E-state index in [0.717, 1.165) is 30.5 Å². The molecule has 2 aliphatic rings. The van der Waals surface area contributed by atoms with Gasteiger partial charge in [-0.1, -0.05) is 12.5 Å². The minimum absolute atomic E-state index is 0.109. The molecule has 1 fully saturated rings. The second-order valence-electron chi connectivity index (χ2n) is 7.23. The zero-order valence-electron chi connectivity index (χ0n) is 15.0. The molecule has 1 amide bonds. The molecule has 142 valence electrons. The smallest absolute Gasteiger partial charge is 0.261 e. The van der Waals surface area contributed by atoms with Crippen LogP contribution in [0.2, 0.25) is 0 Å². The summed E-state index contributed by atoms with van der Waals surface area (Å²) in [5.74, 6) is -0.212. The average Bonchev–Trinajstić information content (AvgIpc) is 2.99. The predicted molar refractivity (Wildman–Crippen MR) is 102 cm³/mol. The first-order valence-corrected chi connectivity index (χ1v) is 10.6. The summed E-state index contributed by atoms with van der Waals surface area (Å²) in [4.78, 5) is 14.4. The molecule has 7 heteroatoms. The lowest BCUT2D eigenvalue weighted by Gasteiger charge is -2.29. The van der Waals surface area contributed by atoms with E-state index < -0.39 is 15.8 Å². The lowest BCUT2D eigenvalue weighted by molar-refractivity contribution is -0.124. The number of nitrogens with one attached hydrogen (secondary N) is 1. The van der Waals surface area contributed by atoms with Gasteiger partial charge in [-0.05, 0) is 67.6 Å². The summed E-state index contributed by atoms with van der Waals surface area (Å²) in [5, 5.41) is 0. The molecule has 2 aromatic rings. The SMILES string of the molecule is Cc1ccc(NS(=O)(=O)c2ccc3c(c2)CCN3C(=O)C2CCC2)cc1F. The van der Waals surface area contributed by atoms with E-state index in [2.05, 4.69) is 4.72 Å². The molecular formula is C20H21FN2O3S. The van der Waals surface area contributed by atoms with Crippen molar-refractivity contribution in [3.63, 3.8) is 0 Å². The molecule has 1 aliphatic heterocycles. The van der Waals surface area contributed by atoms with E-state index in [1.54, 1.807) is 24.0 Å². The van der Waals surface area contributed by atoms with Crippen LogP contribution in [0.3, 0.4) is 0 Å². The van der Waals surface area contributed by atoms with Gasteiger partial charge in [-0.15, -0.1) is 0 Å². The third kappa shape index (κ3) is 3.32. The Morgan fingerprint density at radius 2 is 1.96 bits per heavy atom. The number of anilines is 2. The fourth-order valence-corrected chi connectivity index (χ4v) is 4.62. The molecule has 0 spiro atoms. The van der Waals surface area contributed by atoms with Crippen LogP contribution in [-0.4, -0.2) is 20.9 Å². The van der Waals surface area contributed by atoms with Crippen LogP contribution < -0.4 is 9.62 Å². The lowest BCUT2D eigenvalue weighted by atomic mass is 9.84. The Morgan fingerprint density at radius 3 is 2.63 bits per heavy atom. The number of aryl methyl sites for hydroxylation is 1. The van der Waals surface area contributed by atoms with Crippen molar-refractivity contribution < 1.29 is 17.6 Å². The maximum absolute atomic E-state index is 13.7. The highest BCUT2D eigenvalue weighted by Crippen LogP contribution is 2.35. The third-order valence-corrected chi connectivity index (χ3v) is 6.78. The Morgan fingerprint density at radius 1 is 1.19 bits per heavy atom. The monoisotopic (exact) mass is 388 g/mol. The van der Waals surface area contributed by atoms with Crippen LogP contribution in [0.15, 0.2) is 41.3 Å². The summed E-state index contributed by atoms with van der Waals surface area (Å²) in [6.07, 6.45) is 3.61. The van der Waals surface area contributed by atoms with Gasteiger partial charge in [0.05, 0.1) is 10.6 Å². The van der Waals surface area contributed by atoms with Gasteiger partial charge in [-0.25, -0.2) is 12.8 Å². The van der Waals surface area contributed by atoms with Crippen LogP contribution in [-0.2, 0) is 21.2 Å². The second kappa shape index (κ2) is 6.64. The third-order valence-electron chi connectivity index (χ3n) is 5.40. The standard InChI is InChI=1S/C20H21FN2O3S/c1-13-5-6-16(12-18(13)21)22-27(25,26)17-7-8-19-15(11-17)9-10-23(19)20(24)14-3-2-4-14/h5-8,11-12,14,22H,2-4,9-10H2,1H3. The van der Waals surface area contributed by atoms with Crippen molar-refractivity contribution in [1.29, 1.82) is 0 Å². The highest BCUT2D eigenvalue weighted by molar-refractivity contribution is 7.92. The first-order valence-electron chi connectivity index (χ1n) is 9.08. The molecule has 0 unspecified atom stereocenters. The van der Waals surface area contributed by atoms with E-state index in [0.29, 0.717) is 18.5 Å². The van der Waals surface area contributed by atoms with Gasteiger partial charge in [-0.2, -0.15) is 0 Å². The number of carbonyl (C=O) groups excluding carboxylic acids is 1. The largest absolute Gasteiger partial charge is 0.312 e. The number of sulfonamides is 1. The number of fused-ring (bicyclic) bond motifs is 1. The lowest BCUT2D eigenvalue weighted by Crippen LogP contribution is -2.37. The van der Waals surface area contributed by atoms with Gasteiger partial charge in [0.15, 0.2) is 0 Å².